The number of anilines is 2. The molecule has 0 radical (unpaired) electrons. The quantitative estimate of drug-likeness (QED) is 0.616. The Morgan fingerprint density at radius 2 is 2.13 bits per heavy atom. The van der Waals surface area contributed by atoms with Crippen LogP contribution in [0.4, 0.5) is 10.8 Å². The molecule has 10 heteroatoms. The Kier molecular flexibility index (Phi) is 7.29. The van der Waals surface area contributed by atoms with E-state index in [4.69, 9.17) is 9.47 Å². The van der Waals surface area contributed by atoms with Gasteiger partial charge in [-0.05, 0) is 25.0 Å². The van der Waals surface area contributed by atoms with E-state index in [1.165, 1.54) is 23.1 Å². The van der Waals surface area contributed by atoms with Crippen molar-refractivity contribution in [2.75, 3.05) is 62.4 Å². The van der Waals surface area contributed by atoms with E-state index in [9.17, 15) is 4.79 Å². The molecule has 0 saturated carbocycles. The average Bonchev–Trinajstić information content (AvgIpc) is 3.48. The van der Waals surface area contributed by atoms with Gasteiger partial charge in [0.25, 0.3) is 0 Å². The molecule has 1 atom stereocenters. The SMILES string of the molecule is COc1ccccc1N1CCN(C(=O)CSc2nnc(NC[C@H]3CCCO3)s2)CC1. The molecule has 2 aromatic rings. The number of ether oxygens (including phenoxy) is 2. The van der Waals surface area contributed by atoms with Crippen LogP contribution in [0, 0.1) is 0 Å². The summed E-state index contributed by atoms with van der Waals surface area (Å²) in [6, 6.07) is 8.01. The van der Waals surface area contributed by atoms with Crippen molar-refractivity contribution in [3.8, 4) is 5.75 Å². The number of carbonyl (C=O) groups is 1. The minimum Gasteiger partial charge on any atom is -0.495 e. The fourth-order valence-electron chi connectivity index (χ4n) is 3.65. The lowest BCUT2D eigenvalue weighted by Crippen LogP contribution is -2.49. The lowest BCUT2D eigenvalue weighted by Gasteiger charge is -2.36. The van der Waals surface area contributed by atoms with Crippen LogP contribution in [-0.2, 0) is 9.53 Å². The second kappa shape index (κ2) is 10.3. The molecule has 0 spiro atoms. The van der Waals surface area contributed by atoms with E-state index < -0.39 is 0 Å². The molecule has 2 aliphatic rings. The number of aromatic nitrogens is 2. The zero-order valence-corrected chi connectivity index (χ0v) is 18.7. The van der Waals surface area contributed by atoms with Crippen molar-refractivity contribution in [3.05, 3.63) is 24.3 Å². The van der Waals surface area contributed by atoms with Gasteiger partial charge in [-0.1, -0.05) is 35.2 Å². The maximum Gasteiger partial charge on any atom is 0.233 e. The monoisotopic (exact) mass is 449 g/mol. The molecular weight excluding hydrogens is 422 g/mol. The molecule has 3 heterocycles. The highest BCUT2D eigenvalue weighted by molar-refractivity contribution is 8.01. The Morgan fingerprint density at radius 3 is 2.90 bits per heavy atom. The van der Waals surface area contributed by atoms with Crippen LogP contribution in [0.5, 0.6) is 5.75 Å². The lowest BCUT2D eigenvalue weighted by molar-refractivity contribution is -0.128. The second-order valence-corrected chi connectivity index (χ2v) is 9.42. The number of piperazine rings is 1. The first-order valence-electron chi connectivity index (χ1n) is 10.2. The third kappa shape index (κ3) is 5.35. The van der Waals surface area contributed by atoms with Gasteiger partial charge in [0.1, 0.15) is 5.75 Å². The van der Waals surface area contributed by atoms with E-state index >= 15 is 0 Å². The lowest BCUT2D eigenvalue weighted by atomic mass is 10.2. The van der Waals surface area contributed by atoms with E-state index in [2.05, 4.69) is 26.5 Å². The van der Waals surface area contributed by atoms with Gasteiger partial charge in [-0.25, -0.2) is 0 Å². The van der Waals surface area contributed by atoms with Crippen molar-refractivity contribution in [1.29, 1.82) is 0 Å². The first kappa shape index (κ1) is 21.2. The van der Waals surface area contributed by atoms with Crippen LogP contribution in [0.3, 0.4) is 0 Å². The smallest absolute Gasteiger partial charge is 0.233 e. The Hall–Kier alpha value is -2.04. The van der Waals surface area contributed by atoms with Crippen LogP contribution in [0.25, 0.3) is 0 Å². The van der Waals surface area contributed by atoms with E-state index in [1.54, 1.807) is 7.11 Å². The van der Waals surface area contributed by atoms with Crippen LogP contribution >= 0.6 is 23.1 Å². The van der Waals surface area contributed by atoms with Gasteiger partial charge >= 0.3 is 0 Å². The minimum atomic E-state index is 0.142. The number of rotatable bonds is 8. The number of para-hydroxylation sites is 2. The van der Waals surface area contributed by atoms with Crippen molar-refractivity contribution in [1.82, 2.24) is 15.1 Å². The number of benzene rings is 1. The zero-order chi connectivity index (χ0) is 20.8. The predicted molar refractivity (Wildman–Crippen MR) is 120 cm³/mol. The summed E-state index contributed by atoms with van der Waals surface area (Å²) in [5, 5.41) is 12.4. The summed E-state index contributed by atoms with van der Waals surface area (Å²) in [5.74, 6) is 1.39. The summed E-state index contributed by atoms with van der Waals surface area (Å²) in [7, 11) is 1.69. The molecule has 0 unspecified atom stereocenters. The summed E-state index contributed by atoms with van der Waals surface area (Å²) in [6.07, 6.45) is 2.48. The van der Waals surface area contributed by atoms with Gasteiger partial charge in [-0.3, -0.25) is 4.79 Å². The molecule has 1 N–H and O–H groups in total. The van der Waals surface area contributed by atoms with E-state index in [1.807, 2.05) is 23.1 Å². The van der Waals surface area contributed by atoms with Gasteiger partial charge in [0.2, 0.25) is 11.0 Å². The normalized spacial score (nSPS) is 19.2. The highest BCUT2D eigenvalue weighted by Crippen LogP contribution is 2.29. The van der Waals surface area contributed by atoms with Crippen LogP contribution in [0.15, 0.2) is 28.6 Å². The van der Waals surface area contributed by atoms with Crippen molar-refractivity contribution >= 4 is 39.8 Å². The van der Waals surface area contributed by atoms with E-state index in [-0.39, 0.29) is 12.0 Å². The molecule has 0 aliphatic carbocycles. The zero-order valence-electron chi connectivity index (χ0n) is 17.1. The molecule has 1 aromatic carbocycles. The average molecular weight is 450 g/mol. The summed E-state index contributed by atoms with van der Waals surface area (Å²) in [4.78, 5) is 16.8. The number of carbonyl (C=O) groups excluding carboxylic acids is 1. The van der Waals surface area contributed by atoms with Crippen LogP contribution < -0.4 is 15.0 Å². The first-order chi connectivity index (χ1) is 14.7. The molecule has 2 saturated heterocycles. The fraction of sp³-hybridized carbons (Fsp3) is 0.550. The third-order valence-corrected chi connectivity index (χ3v) is 7.29. The molecule has 1 amide bonds. The second-order valence-electron chi connectivity index (χ2n) is 7.22. The van der Waals surface area contributed by atoms with Crippen molar-refractivity contribution < 1.29 is 14.3 Å². The molecule has 2 fully saturated rings. The molecular formula is C20H27N5O3S2. The van der Waals surface area contributed by atoms with Crippen molar-refractivity contribution in [2.24, 2.45) is 0 Å². The molecule has 2 aliphatic heterocycles. The van der Waals surface area contributed by atoms with Gasteiger partial charge in [0.15, 0.2) is 4.34 Å². The number of nitrogens with zero attached hydrogens (tertiary/aromatic N) is 4. The number of thioether (sulfide) groups is 1. The highest BCUT2D eigenvalue weighted by atomic mass is 32.2. The summed E-state index contributed by atoms with van der Waals surface area (Å²) < 4.78 is 11.9. The standard InChI is InChI=1S/C20H27N5O3S2/c1-27-17-7-3-2-6-16(17)24-8-10-25(11-9-24)18(26)14-29-20-23-22-19(30-20)21-13-15-5-4-12-28-15/h2-3,6-7,15H,4-5,8-14H2,1H3,(H,21,22)/t15-/m1/s1. The fourth-order valence-corrected chi connectivity index (χ4v) is 5.31. The Labute approximate surface area is 184 Å². The van der Waals surface area contributed by atoms with Gasteiger partial charge < -0.3 is 24.6 Å². The Morgan fingerprint density at radius 1 is 1.30 bits per heavy atom. The van der Waals surface area contributed by atoms with Crippen molar-refractivity contribution in [3.63, 3.8) is 0 Å². The molecule has 4 rings (SSSR count). The maximum absolute atomic E-state index is 12.6. The maximum atomic E-state index is 12.6. The summed E-state index contributed by atoms with van der Waals surface area (Å²) in [6.45, 7) is 4.62. The largest absolute Gasteiger partial charge is 0.495 e. The molecule has 1 aromatic heterocycles. The summed E-state index contributed by atoms with van der Waals surface area (Å²) >= 11 is 2.94. The molecule has 0 bridgehead atoms. The Bertz CT molecular complexity index is 835. The van der Waals surface area contributed by atoms with E-state index in [0.717, 1.165) is 60.0 Å². The van der Waals surface area contributed by atoms with E-state index in [0.29, 0.717) is 18.8 Å². The van der Waals surface area contributed by atoms with Crippen LogP contribution in [0.2, 0.25) is 0 Å². The molecule has 8 nitrogen and oxygen atoms in total. The molecule has 30 heavy (non-hydrogen) atoms. The highest BCUT2D eigenvalue weighted by Gasteiger charge is 2.23. The molecule has 162 valence electrons. The number of methoxy groups -OCH3 is 1. The minimum absolute atomic E-state index is 0.142. The number of nitrogens with one attached hydrogen (secondary N) is 1. The van der Waals surface area contributed by atoms with Gasteiger partial charge in [0, 0.05) is 39.3 Å². The summed E-state index contributed by atoms with van der Waals surface area (Å²) in [5.41, 5.74) is 1.08. The Balaban J connectivity index is 1.21. The topological polar surface area (TPSA) is 79.8 Å². The first-order valence-corrected chi connectivity index (χ1v) is 12.0. The third-order valence-electron chi connectivity index (χ3n) is 5.29. The number of hydrogen-bond donors (Lipinski definition) is 1. The van der Waals surface area contributed by atoms with Crippen LogP contribution in [-0.4, -0.2) is 79.3 Å². The van der Waals surface area contributed by atoms with Crippen LogP contribution in [0.1, 0.15) is 12.8 Å². The number of hydrogen-bond acceptors (Lipinski definition) is 9. The predicted octanol–water partition coefficient (Wildman–Crippen LogP) is 2.58. The van der Waals surface area contributed by atoms with Gasteiger partial charge in [-0.2, -0.15) is 0 Å². The van der Waals surface area contributed by atoms with Gasteiger partial charge in [-0.15, -0.1) is 10.2 Å². The van der Waals surface area contributed by atoms with Crippen molar-refractivity contribution in [2.45, 2.75) is 23.3 Å². The number of amides is 1. The van der Waals surface area contributed by atoms with Gasteiger partial charge in [0.05, 0.1) is 24.7 Å².